The number of rotatable bonds is 4. The molecule has 2 heterocycles. The van der Waals surface area contributed by atoms with Crippen LogP contribution in [0.15, 0.2) is 30.6 Å². The van der Waals surface area contributed by atoms with Crippen molar-refractivity contribution in [1.29, 1.82) is 0 Å². The van der Waals surface area contributed by atoms with Gasteiger partial charge < -0.3 is 15.5 Å². The first-order valence-corrected chi connectivity index (χ1v) is 9.19. The first kappa shape index (κ1) is 16.9. The Balaban J connectivity index is 1.33. The lowest BCUT2D eigenvalue weighted by Gasteiger charge is -2.33. The number of aryl methyl sites for hydroxylation is 1. The molecule has 2 N–H and O–H groups in total. The molecule has 1 saturated heterocycles. The van der Waals surface area contributed by atoms with E-state index in [-0.39, 0.29) is 17.9 Å². The van der Waals surface area contributed by atoms with E-state index in [1.807, 2.05) is 19.4 Å². The summed E-state index contributed by atoms with van der Waals surface area (Å²) in [4.78, 5) is 14.5. The number of hydrogen-bond acceptors (Lipinski definition) is 3. The third kappa shape index (κ3) is 3.81. The van der Waals surface area contributed by atoms with Crippen molar-refractivity contribution >= 4 is 17.4 Å². The Hall–Kier alpha value is -2.57. The SMILES string of the molecule is Cn1cc(N2CCC[C@@H](NC(=O)Nc3ccc(C4CC4)c(F)c3)C2)cn1. The summed E-state index contributed by atoms with van der Waals surface area (Å²) in [6, 6.07) is 4.74. The molecule has 26 heavy (non-hydrogen) atoms. The number of aromatic nitrogens is 2. The molecule has 6 nitrogen and oxygen atoms in total. The van der Waals surface area contributed by atoms with Crippen LogP contribution in [0, 0.1) is 5.82 Å². The van der Waals surface area contributed by atoms with Crippen LogP contribution in [0.2, 0.25) is 0 Å². The molecule has 0 radical (unpaired) electrons. The summed E-state index contributed by atoms with van der Waals surface area (Å²) in [7, 11) is 1.89. The van der Waals surface area contributed by atoms with Gasteiger partial charge in [0.05, 0.1) is 11.9 Å². The minimum Gasteiger partial charge on any atom is -0.367 e. The van der Waals surface area contributed by atoms with Crippen molar-refractivity contribution in [3.05, 3.63) is 42.0 Å². The molecule has 0 unspecified atom stereocenters. The molecule has 7 heteroatoms. The first-order chi connectivity index (χ1) is 12.6. The maximum atomic E-state index is 14.1. The summed E-state index contributed by atoms with van der Waals surface area (Å²) < 4.78 is 15.9. The Labute approximate surface area is 152 Å². The van der Waals surface area contributed by atoms with Gasteiger partial charge in [0.15, 0.2) is 0 Å². The predicted molar refractivity (Wildman–Crippen MR) is 99.0 cm³/mol. The monoisotopic (exact) mass is 357 g/mol. The number of benzene rings is 1. The van der Waals surface area contributed by atoms with Crippen molar-refractivity contribution < 1.29 is 9.18 Å². The number of carbonyl (C=O) groups is 1. The number of hydrogen-bond donors (Lipinski definition) is 2. The third-order valence-corrected chi connectivity index (χ3v) is 5.09. The van der Waals surface area contributed by atoms with Crippen LogP contribution < -0.4 is 15.5 Å². The molecule has 1 aliphatic carbocycles. The Morgan fingerprint density at radius 3 is 2.85 bits per heavy atom. The highest BCUT2D eigenvalue weighted by molar-refractivity contribution is 5.89. The van der Waals surface area contributed by atoms with Gasteiger partial charge in [-0.15, -0.1) is 0 Å². The molecule has 0 bridgehead atoms. The number of carbonyl (C=O) groups excluding carboxylic acids is 1. The lowest BCUT2D eigenvalue weighted by atomic mass is 10.1. The fourth-order valence-electron chi connectivity index (χ4n) is 3.58. The summed E-state index contributed by atoms with van der Waals surface area (Å²) in [6.45, 7) is 1.70. The molecule has 138 valence electrons. The number of piperidine rings is 1. The Morgan fingerprint density at radius 1 is 1.31 bits per heavy atom. The molecule has 1 aromatic heterocycles. The standard InChI is InChI=1S/C19H24FN5O/c1-24-12-16(10-21-24)25-8-2-3-15(11-25)23-19(26)22-14-6-7-17(13-4-5-13)18(20)9-14/h6-7,9-10,12-13,15H,2-5,8,11H2,1H3,(H2,22,23,26)/t15-/m1/s1. The molecular weight excluding hydrogens is 333 g/mol. The van der Waals surface area contributed by atoms with E-state index in [1.54, 1.807) is 16.8 Å². The van der Waals surface area contributed by atoms with Crippen LogP contribution in [0.1, 0.15) is 37.2 Å². The van der Waals surface area contributed by atoms with Crippen molar-refractivity contribution in [2.75, 3.05) is 23.3 Å². The van der Waals surface area contributed by atoms with Crippen LogP contribution in [0.4, 0.5) is 20.6 Å². The molecular formula is C19H24FN5O. The van der Waals surface area contributed by atoms with Crippen LogP contribution in [0.3, 0.4) is 0 Å². The van der Waals surface area contributed by atoms with Gasteiger partial charge in [-0.2, -0.15) is 5.10 Å². The molecule has 1 saturated carbocycles. The van der Waals surface area contributed by atoms with Crippen LogP contribution in [-0.4, -0.2) is 34.9 Å². The summed E-state index contributed by atoms with van der Waals surface area (Å²) in [5, 5.41) is 9.96. The molecule has 4 rings (SSSR count). The third-order valence-electron chi connectivity index (χ3n) is 5.09. The average molecular weight is 357 g/mol. The zero-order valence-electron chi connectivity index (χ0n) is 14.9. The lowest BCUT2D eigenvalue weighted by molar-refractivity contribution is 0.246. The van der Waals surface area contributed by atoms with Gasteiger partial charge in [-0.05, 0) is 49.3 Å². The second-order valence-corrected chi connectivity index (χ2v) is 7.27. The van der Waals surface area contributed by atoms with E-state index >= 15 is 0 Å². The van der Waals surface area contributed by atoms with E-state index < -0.39 is 0 Å². The highest BCUT2D eigenvalue weighted by Crippen LogP contribution is 2.41. The number of urea groups is 1. The van der Waals surface area contributed by atoms with Crippen LogP contribution in [-0.2, 0) is 7.05 Å². The van der Waals surface area contributed by atoms with E-state index in [1.165, 1.54) is 6.07 Å². The zero-order valence-corrected chi connectivity index (χ0v) is 14.9. The topological polar surface area (TPSA) is 62.2 Å². The van der Waals surface area contributed by atoms with Gasteiger partial charge >= 0.3 is 6.03 Å². The van der Waals surface area contributed by atoms with E-state index in [0.29, 0.717) is 11.6 Å². The number of amides is 2. The second kappa shape index (κ2) is 6.97. The van der Waals surface area contributed by atoms with Gasteiger partial charge in [-0.25, -0.2) is 9.18 Å². The van der Waals surface area contributed by atoms with Crippen LogP contribution >= 0.6 is 0 Å². The molecule has 2 aromatic rings. The smallest absolute Gasteiger partial charge is 0.319 e. The van der Waals surface area contributed by atoms with Crippen molar-refractivity contribution in [1.82, 2.24) is 15.1 Å². The molecule has 0 spiro atoms. The summed E-state index contributed by atoms with van der Waals surface area (Å²) in [5.41, 5.74) is 2.32. The van der Waals surface area contributed by atoms with E-state index in [4.69, 9.17) is 0 Å². The van der Waals surface area contributed by atoms with Gasteiger partial charge in [0.25, 0.3) is 0 Å². The summed E-state index contributed by atoms with van der Waals surface area (Å²) in [6.07, 6.45) is 7.86. The predicted octanol–water partition coefficient (Wildman–Crippen LogP) is 3.23. The molecule has 2 fully saturated rings. The lowest BCUT2D eigenvalue weighted by Crippen LogP contribution is -2.49. The number of nitrogens with zero attached hydrogens (tertiary/aromatic N) is 3. The normalized spacial score (nSPS) is 20.1. The Kier molecular flexibility index (Phi) is 4.53. The van der Waals surface area contributed by atoms with Gasteiger partial charge in [0.2, 0.25) is 0 Å². The summed E-state index contributed by atoms with van der Waals surface area (Å²) in [5.74, 6) is 0.129. The molecule has 1 aliphatic heterocycles. The molecule has 2 amide bonds. The molecule has 1 atom stereocenters. The largest absolute Gasteiger partial charge is 0.367 e. The second-order valence-electron chi connectivity index (χ2n) is 7.27. The van der Waals surface area contributed by atoms with Gasteiger partial charge in [0, 0.05) is 38.1 Å². The number of anilines is 2. The van der Waals surface area contributed by atoms with Crippen LogP contribution in [0.25, 0.3) is 0 Å². The number of nitrogens with one attached hydrogen (secondary N) is 2. The Morgan fingerprint density at radius 2 is 2.15 bits per heavy atom. The minimum absolute atomic E-state index is 0.0551. The van der Waals surface area contributed by atoms with Gasteiger partial charge in [-0.3, -0.25) is 4.68 Å². The van der Waals surface area contributed by atoms with Gasteiger partial charge in [-0.1, -0.05) is 6.07 Å². The van der Waals surface area contributed by atoms with E-state index in [2.05, 4.69) is 20.6 Å². The fourth-order valence-corrected chi connectivity index (χ4v) is 3.58. The molecule has 2 aliphatic rings. The first-order valence-electron chi connectivity index (χ1n) is 9.19. The van der Waals surface area contributed by atoms with Crippen molar-refractivity contribution in [3.63, 3.8) is 0 Å². The molecule has 1 aromatic carbocycles. The zero-order chi connectivity index (χ0) is 18.1. The average Bonchev–Trinajstić information content (AvgIpc) is 3.35. The van der Waals surface area contributed by atoms with Crippen molar-refractivity contribution in [3.8, 4) is 0 Å². The maximum Gasteiger partial charge on any atom is 0.319 e. The van der Waals surface area contributed by atoms with E-state index in [9.17, 15) is 9.18 Å². The van der Waals surface area contributed by atoms with E-state index in [0.717, 1.165) is 50.0 Å². The Bertz CT molecular complexity index is 801. The maximum absolute atomic E-state index is 14.1. The highest BCUT2D eigenvalue weighted by Gasteiger charge is 2.27. The fraction of sp³-hybridized carbons (Fsp3) is 0.474. The number of halogens is 1. The minimum atomic E-state index is -0.290. The summed E-state index contributed by atoms with van der Waals surface area (Å²) >= 11 is 0. The van der Waals surface area contributed by atoms with Crippen molar-refractivity contribution in [2.24, 2.45) is 7.05 Å². The van der Waals surface area contributed by atoms with Crippen LogP contribution in [0.5, 0.6) is 0 Å². The highest BCUT2D eigenvalue weighted by atomic mass is 19.1. The quantitative estimate of drug-likeness (QED) is 0.883. The van der Waals surface area contributed by atoms with Gasteiger partial charge in [0.1, 0.15) is 5.82 Å². The van der Waals surface area contributed by atoms with Crippen molar-refractivity contribution in [2.45, 2.75) is 37.6 Å².